The van der Waals surface area contributed by atoms with Gasteiger partial charge in [0.15, 0.2) is 0 Å². The first kappa shape index (κ1) is 10.7. The van der Waals surface area contributed by atoms with E-state index in [-0.39, 0.29) is 12.0 Å². The van der Waals surface area contributed by atoms with Crippen LogP contribution in [0.5, 0.6) is 0 Å². The molecule has 0 aliphatic heterocycles. The smallest absolute Gasteiger partial charge is 0.0623 e. The second-order valence-electron chi connectivity index (χ2n) is 3.84. The van der Waals surface area contributed by atoms with Gasteiger partial charge in [-0.3, -0.25) is 0 Å². The number of hydrogen-bond acceptors (Lipinski definition) is 1. The fourth-order valence-corrected chi connectivity index (χ4v) is 1.23. The van der Waals surface area contributed by atoms with Crippen LogP contribution in [-0.2, 0) is 0 Å². The van der Waals surface area contributed by atoms with Gasteiger partial charge in [-0.2, -0.15) is 0 Å². The molecule has 0 fully saturated rings. The molecular weight excluding hydrogens is 136 g/mol. The van der Waals surface area contributed by atoms with Gasteiger partial charge >= 0.3 is 0 Å². The van der Waals surface area contributed by atoms with Crippen molar-refractivity contribution in [1.29, 1.82) is 0 Å². The van der Waals surface area contributed by atoms with Crippen molar-refractivity contribution in [3.63, 3.8) is 0 Å². The summed E-state index contributed by atoms with van der Waals surface area (Å²) in [5, 5.41) is 9.60. The lowest BCUT2D eigenvalue weighted by molar-refractivity contribution is 0.0908. The molecule has 0 bridgehead atoms. The molecule has 0 aromatic rings. The third-order valence-electron chi connectivity index (χ3n) is 1.82. The fourth-order valence-electron chi connectivity index (χ4n) is 1.23. The molecule has 0 aromatic heterocycles. The Morgan fingerprint density at radius 3 is 1.91 bits per heavy atom. The molecule has 0 aliphatic rings. The zero-order chi connectivity index (χ0) is 9.02. The van der Waals surface area contributed by atoms with Gasteiger partial charge in [0.2, 0.25) is 0 Å². The molecule has 0 aliphatic carbocycles. The molecule has 1 heteroatoms. The molecule has 0 rings (SSSR count). The van der Waals surface area contributed by atoms with E-state index in [0.29, 0.717) is 5.92 Å². The summed E-state index contributed by atoms with van der Waals surface area (Å²) in [6.07, 6.45) is 1.91. The SMILES string of the molecule is CC(C)=CC(C)C(O)C(C)C. The first-order valence-corrected chi connectivity index (χ1v) is 4.28. The summed E-state index contributed by atoms with van der Waals surface area (Å²) in [7, 11) is 0. The summed E-state index contributed by atoms with van der Waals surface area (Å²) < 4.78 is 0. The summed E-state index contributed by atoms with van der Waals surface area (Å²) in [5.41, 5.74) is 1.28. The standard InChI is InChI=1S/C10H20O/c1-7(2)6-9(5)10(11)8(3)4/h6,8-11H,1-5H3. The highest BCUT2D eigenvalue weighted by atomic mass is 16.3. The third kappa shape index (κ3) is 4.20. The van der Waals surface area contributed by atoms with E-state index in [2.05, 4.69) is 26.8 Å². The molecule has 0 saturated carbocycles. The van der Waals surface area contributed by atoms with Crippen LogP contribution in [0.2, 0.25) is 0 Å². The molecule has 11 heavy (non-hydrogen) atoms. The van der Waals surface area contributed by atoms with Gasteiger partial charge < -0.3 is 5.11 Å². The summed E-state index contributed by atoms with van der Waals surface area (Å²) >= 11 is 0. The maximum Gasteiger partial charge on any atom is 0.0623 e. The van der Waals surface area contributed by atoms with Gasteiger partial charge in [0.25, 0.3) is 0 Å². The molecule has 66 valence electrons. The Hall–Kier alpha value is -0.300. The van der Waals surface area contributed by atoms with Crippen molar-refractivity contribution < 1.29 is 5.11 Å². The minimum atomic E-state index is -0.204. The highest BCUT2D eigenvalue weighted by molar-refractivity contribution is 4.98. The van der Waals surface area contributed by atoms with E-state index >= 15 is 0 Å². The lowest BCUT2D eigenvalue weighted by atomic mass is 9.93. The van der Waals surface area contributed by atoms with Gasteiger partial charge in [-0.25, -0.2) is 0 Å². The lowest BCUT2D eigenvalue weighted by Gasteiger charge is -2.19. The summed E-state index contributed by atoms with van der Waals surface area (Å²) in [6, 6.07) is 0. The van der Waals surface area contributed by atoms with Gasteiger partial charge in [0, 0.05) is 5.92 Å². The van der Waals surface area contributed by atoms with Crippen LogP contribution in [0.3, 0.4) is 0 Å². The van der Waals surface area contributed by atoms with Crippen molar-refractivity contribution in [3.05, 3.63) is 11.6 Å². The Kier molecular flexibility index (Phi) is 4.43. The maximum atomic E-state index is 9.60. The quantitative estimate of drug-likeness (QED) is 0.623. The molecule has 0 aromatic carbocycles. The van der Waals surface area contributed by atoms with Crippen LogP contribution in [-0.4, -0.2) is 11.2 Å². The monoisotopic (exact) mass is 156 g/mol. The molecule has 1 N–H and O–H groups in total. The van der Waals surface area contributed by atoms with Crippen LogP contribution in [0.4, 0.5) is 0 Å². The van der Waals surface area contributed by atoms with Gasteiger partial charge in [-0.05, 0) is 19.8 Å². The fraction of sp³-hybridized carbons (Fsp3) is 0.800. The van der Waals surface area contributed by atoms with Gasteiger partial charge in [-0.15, -0.1) is 0 Å². The van der Waals surface area contributed by atoms with Gasteiger partial charge in [0.05, 0.1) is 6.10 Å². The Morgan fingerprint density at radius 1 is 1.18 bits per heavy atom. The number of aliphatic hydroxyl groups is 1. The molecule has 0 spiro atoms. The van der Waals surface area contributed by atoms with Crippen LogP contribution in [0.15, 0.2) is 11.6 Å². The van der Waals surface area contributed by atoms with Gasteiger partial charge in [-0.1, -0.05) is 32.4 Å². The first-order chi connectivity index (χ1) is 4.95. The predicted molar refractivity (Wildman–Crippen MR) is 49.4 cm³/mol. The molecule has 0 amide bonds. The molecule has 2 atom stereocenters. The van der Waals surface area contributed by atoms with Crippen molar-refractivity contribution in [2.45, 2.75) is 40.7 Å². The highest BCUT2D eigenvalue weighted by Gasteiger charge is 2.14. The second-order valence-corrected chi connectivity index (χ2v) is 3.84. The number of aliphatic hydroxyl groups excluding tert-OH is 1. The number of hydrogen-bond donors (Lipinski definition) is 1. The summed E-state index contributed by atoms with van der Waals surface area (Å²) in [4.78, 5) is 0. The Morgan fingerprint density at radius 2 is 1.64 bits per heavy atom. The average Bonchev–Trinajstić information content (AvgIpc) is 1.84. The van der Waals surface area contributed by atoms with E-state index < -0.39 is 0 Å². The summed E-state index contributed by atoms with van der Waals surface area (Å²) in [5.74, 6) is 0.626. The van der Waals surface area contributed by atoms with Crippen molar-refractivity contribution in [2.75, 3.05) is 0 Å². The molecule has 0 radical (unpaired) electrons. The Bertz CT molecular complexity index is 132. The van der Waals surface area contributed by atoms with Crippen LogP contribution in [0.25, 0.3) is 0 Å². The first-order valence-electron chi connectivity index (χ1n) is 4.28. The predicted octanol–water partition coefficient (Wildman–Crippen LogP) is 2.61. The van der Waals surface area contributed by atoms with Crippen molar-refractivity contribution in [1.82, 2.24) is 0 Å². The topological polar surface area (TPSA) is 20.2 Å². The van der Waals surface area contributed by atoms with E-state index in [4.69, 9.17) is 0 Å². The Balaban J connectivity index is 4.03. The highest BCUT2D eigenvalue weighted by Crippen LogP contribution is 2.14. The minimum Gasteiger partial charge on any atom is -0.392 e. The van der Waals surface area contributed by atoms with Crippen LogP contribution >= 0.6 is 0 Å². The molecule has 0 saturated heterocycles. The molecule has 0 heterocycles. The lowest BCUT2D eigenvalue weighted by Crippen LogP contribution is -2.22. The Labute approximate surface area is 70.1 Å². The van der Waals surface area contributed by atoms with E-state index in [1.54, 1.807) is 0 Å². The third-order valence-corrected chi connectivity index (χ3v) is 1.82. The second kappa shape index (κ2) is 4.55. The minimum absolute atomic E-state index is 0.204. The van der Waals surface area contributed by atoms with Crippen molar-refractivity contribution in [2.24, 2.45) is 11.8 Å². The van der Waals surface area contributed by atoms with Crippen LogP contribution in [0.1, 0.15) is 34.6 Å². The normalized spacial score (nSPS) is 16.3. The van der Waals surface area contributed by atoms with Crippen molar-refractivity contribution >= 4 is 0 Å². The van der Waals surface area contributed by atoms with Crippen LogP contribution in [0, 0.1) is 11.8 Å². The molecule has 1 nitrogen and oxygen atoms in total. The number of rotatable bonds is 3. The van der Waals surface area contributed by atoms with E-state index in [1.165, 1.54) is 5.57 Å². The van der Waals surface area contributed by atoms with Crippen LogP contribution < -0.4 is 0 Å². The maximum absolute atomic E-state index is 9.60. The van der Waals surface area contributed by atoms with Gasteiger partial charge in [0.1, 0.15) is 0 Å². The van der Waals surface area contributed by atoms with E-state index in [1.807, 2.05) is 13.8 Å². The molecule has 2 unspecified atom stereocenters. The van der Waals surface area contributed by atoms with Crippen molar-refractivity contribution in [3.8, 4) is 0 Å². The zero-order valence-corrected chi connectivity index (χ0v) is 8.26. The van der Waals surface area contributed by atoms with E-state index in [9.17, 15) is 5.11 Å². The zero-order valence-electron chi connectivity index (χ0n) is 8.26. The summed E-state index contributed by atoms with van der Waals surface area (Å²) in [6.45, 7) is 10.3. The van der Waals surface area contributed by atoms with E-state index in [0.717, 1.165) is 0 Å². The average molecular weight is 156 g/mol. The largest absolute Gasteiger partial charge is 0.392 e. The molecular formula is C10H20O. The number of allylic oxidation sites excluding steroid dienone is 1.